The van der Waals surface area contributed by atoms with Gasteiger partial charge in [0, 0.05) is 19.2 Å². The first kappa shape index (κ1) is 19.7. The van der Waals surface area contributed by atoms with Crippen LogP contribution in [0.1, 0.15) is 16.1 Å². The number of aryl methyl sites for hydroxylation is 1. The molecule has 0 saturated heterocycles. The van der Waals surface area contributed by atoms with Crippen molar-refractivity contribution in [3.8, 4) is 0 Å². The number of fused-ring (bicyclic) bond motifs is 1. The molecule has 3 rings (SSSR count). The van der Waals surface area contributed by atoms with Crippen molar-refractivity contribution in [2.45, 2.75) is 6.92 Å². The third-order valence-electron chi connectivity index (χ3n) is 3.58. The molecule has 0 saturated carbocycles. The second-order valence-corrected chi connectivity index (χ2v) is 7.06. The molecule has 0 fully saturated rings. The molecule has 1 aromatic carbocycles. The minimum absolute atomic E-state index is 0. The molecule has 0 N–H and O–H groups in total. The van der Waals surface area contributed by atoms with Crippen molar-refractivity contribution >= 4 is 56.6 Å². The minimum atomic E-state index is -0.262. The number of hydrogen-bond donors (Lipinski definition) is 0. The maximum atomic E-state index is 12.8. The van der Waals surface area contributed by atoms with Crippen LogP contribution >= 0.6 is 35.3 Å². The molecule has 0 atom stereocenters. The Morgan fingerprint density at radius 3 is 2.64 bits per heavy atom. The number of aromatic nitrogens is 2. The number of anilines is 1. The highest BCUT2D eigenvalue weighted by Gasteiger charge is 2.24. The third kappa shape index (κ3) is 4.12. The number of rotatable bonds is 5. The Hall–Kier alpha value is -1.67. The van der Waals surface area contributed by atoms with Crippen LogP contribution in [0.15, 0.2) is 28.9 Å². The lowest BCUT2D eigenvalue weighted by Crippen LogP contribution is -2.36. The number of benzene rings is 1. The molecule has 0 aliphatic carbocycles. The van der Waals surface area contributed by atoms with E-state index in [0.717, 1.165) is 15.8 Å². The molecule has 0 spiro atoms. The lowest BCUT2D eigenvalue weighted by Gasteiger charge is -2.20. The van der Waals surface area contributed by atoms with E-state index in [1.165, 1.54) is 17.5 Å². The quantitative estimate of drug-likeness (QED) is 0.650. The van der Waals surface area contributed by atoms with Crippen molar-refractivity contribution < 1.29 is 9.32 Å². The topological polar surface area (TPSA) is 62.5 Å². The van der Waals surface area contributed by atoms with Crippen LogP contribution in [0.2, 0.25) is 5.02 Å². The lowest BCUT2D eigenvalue weighted by atomic mass is 10.2. The van der Waals surface area contributed by atoms with Crippen LogP contribution in [0.3, 0.4) is 0 Å². The molecular formula is C16H18Cl2N4O2S. The Kier molecular flexibility index (Phi) is 6.40. The summed E-state index contributed by atoms with van der Waals surface area (Å²) in [7, 11) is 3.91. The smallest absolute Gasteiger partial charge is 0.298 e. The molecule has 2 aromatic heterocycles. The molecule has 25 heavy (non-hydrogen) atoms. The van der Waals surface area contributed by atoms with Crippen molar-refractivity contribution in [3.05, 3.63) is 40.7 Å². The Morgan fingerprint density at radius 1 is 1.28 bits per heavy atom. The van der Waals surface area contributed by atoms with Gasteiger partial charge in [-0.05, 0) is 32.6 Å². The van der Waals surface area contributed by atoms with Gasteiger partial charge in [0.1, 0.15) is 0 Å². The van der Waals surface area contributed by atoms with Crippen LogP contribution in [0, 0.1) is 6.92 Å². The second kappa shape index (κ2) is 8.14. The first-order valence-electron chi connectivity index (χ1n) is 7.40. The highest BCUT2D eigenvalue weighted by Crippen LogP contribution is 2.36. The molecule has 3 aromatic rings. The number of carbonyl (C=O) groups is 1. The van der Waals surface area contributed by atoms with Gasteiger partial charge in [-0.3, -0.25) is 9.69 Å². The van der Waals surface area contributed by atoms with Crippen LogP contribution in [0.25, 0.3) is 10.2 Å². The summed E-state index contributed by atoms with van der Waals surface area (Å²) in [5.74, 6) is -0.0713. The van der Waals surface area contributed by atoms with E-state index in [4.69, 9.17) is 16.1 Å². The molecule has 0 bridgehead atoms. The van der Waals surface area contributed by atoms with E-state index in [9.17, 15) is 4.79 Å². The molecule has 1 amide bonds. The number of thiazole rings is 1. The summed E-state index contributed by atoms with van der Waals surface area (Å²) in [6, 6.07) is 5.33. The SMILES string of the molecule is Cc1ccc(Cl)c2sc(N(CCN(C)C)C(=O)c3ccno3)nc12.Cl. The predicted octanol–water partition coefficient (Wildman–Crippen LogP) is 3.88. The molecule has 0 aliphatic heterocycles. The largest absolute Gasteiger partial charge is 0.351 e. The van der Waals surface area contributed by atoms with Gasteiger partial charge in [-0.25, -0.2) is 4.98 Å². The highest BCUT2D eigenvalue weighted by molar-refractivity contribution is 7.23. The summed E-state index contributed by atoms with van der Waals surface area (Å²) >= 11 is 7.69. The second-order valence-electron chi connectivity index (χ2n) is 5.68. The van der Waals surface area contributed by atoms with Crippen LogP contribution in [-0.2, 0) is 0 Å². The lowest BCUT2D eigenvalue weighted by molar-refractivity contribution is 0.0949. The maximum Gasteiger partial charge on any atom is 0.298 e. The van der Waals surface area contributed by atoms with Gasteiger partial charge < -0.3 is 9.42 Å². The fraction of sp³-hybridized carbons (Fsp3) is 0.312. The molecule has 2 heterocycles. The zero-order valence-corrected chi connectivity index (χ0v) is 16.4. The number of likely N-dealkylation sites (N-methyl/N-ethyl adjacent to an activating group) is 1. The van der Waals surface area contributed by atoms with Gasteiger partial charge in [-0.1, -0.05) is 34.2 Å². The van der Waals surface area contributed by atoms with E-state index in [-0.39, 0.29) is 24.1 Å². The summed E-state index contributed by atoms with van der Waals surface area (Å²) in [4.78, 5) is 21.0. The van der Waals surface area contributed by atoms with Gasteiger partial charge in [0.05, 0.1) is 21.4 Å². The summed E-state index contributed by atoms with van der Waals surface area (Å²) in [5.41, 5.74) is 1.85. The number of amides is 1. The van der Waals surface area contributed by atoms with E-state index in [1.54, 1.807) is 11.0 Å². The molecule has 9 heteroatoms. The van der Waals surface area contributed by atoms with Crippen molar-refractivity contribution in [2.24, 2.45) is 0 Å². The number of halogens is 2. The normalized spacial score (nSPS) is 10.9. The molecule has 0 aliphatic rings. The van der Waals surface area contributed by atoms with E-state index in [1.807, 2.05) is 38.1 Å². The first-order valence-corrected chi connectivity index (χ1v) is 8.59. The summed E-state index contributed by atoms with van der Waals surface area (Å²) in [6.07, 6.45) is 1.46. The summed E-state index contributed by atoms with van der Waals surface area (Å²) in [5, 5.41) is 4.85. The van der Waals surface area contributed by atoms with Crippen LogP contribution in [0.5, 0.6) is 0 Å². The Bertz CT molecular complexity index is 826. The average molecular weight is 401 g/mol. The van der Waals surface area contributed by atoms with Gasteiger partial charge >= 0.3 is 0 Å². The van der Waals surface area contributed by atoms with Crippen molar-refractivity contribution in [3.63, 3.8) is 0 Å². The molecule has 6 nitrogen and oxygen atoms in total. The van der Waals surface area contributed by atoms with Gasteiger partial charge in [0.25, 0.3) is 5.91 Å². The molecule has 0 radical (unpaired) electrons. The average Bonchev–Trinajstić information content (AvgIpc) is 3.20. The van der Waals surface area contributed by atoms with Crippen molar-refractivity contribution in [2.75, 3.05) is 32.1 Å². The predicted molar refractivity (Wildman–Crippen MR) is 103 cm³/mol. The van der Waals surface area contributed by atoms with E-state index in [0.29, 0.717) is 23.2 Å². The zero-order valence-electron chi connectivity index (χ0n) is 14.0. The van der Waals surface area contributed by atoms with Crippen molar-refractivity contribution in [1.29, 1.82) is 0 Å². The van der Waals surface area contributed by atoms with Crippen LogP contribution < -0.4 is 4.90 Å². The maximum absolute atomic E-state index is 12.8. The van der Waals surface area contributed by atoms with Crippen molar-refractivity contribution in [1.82, 2.24) is 15.0 Å². The standard InChI is InChI=1S/C16H17ClN4O2S.ClH/c1-10-4-5-11(17)14-13(10)19-16(24-14)21(9-8-20(2)3)15(22)12-6-7-18-23-12;/h4-7H,8-9H2,1-3H3;1H. The van der Waals surface area contributed by atoms with Crippen LogP contribution in [-0.4, -0.2) is 48.1 Å². The summed E-state index contributed by atoms with van der Waals surface area (Å²) < 4.78 is 5.90. The molecular weight excluding hydrogens is 383 g/mol. The Balaban J connectivity index is 0.00000225. The Morgan fingerprint density at radius 2 is 2.04 bits per heavy atom. The first-order chi connectivity index (χ1) is 11.5. The number of carbonyl (C=O) groups excluding carboxylic acids is 1. The summed E-state index contributed by atoms with van der Waals surface area (Å²) in [6.45, 7) is 3.16. The van der Waals surface area contributed by atoms with Gasteiger partial charge in [-0.15, -0.1) is 12.4 Å². The van der Waals surface area contributed by atoms with Gasteiger partial charge in [-0.2, -0.15) is 0 Å². The van der Waals surface area contributed by atoms with E-state index in [2.05, 4.69) is 10.1 Å². The number of hydrogen-bond acceptors (Lipinski definition) is 6. The van der Waals surface area contributed by atoms with Gasteiger partial charge in [0.2, 0.25) is 5.76 Å². The van der Waals surface area contributed by atoms with Crippen LogP contribution in [0.4, 0.5) is 5.13 Å². The fourth-order valence-corrected chi connectivity index (χ4v) is 3.59. The third-order valence-corrected chi connectivity index (χ3v) is 5.12. The highest BCUT2D eigenvalue weighted by atomic mass is 35.5. The fourth-order valence-electron chi connectivity index (χ4n) is 2.25. The zero-order chi connectivity index (χ0) is 17.3. The Labute approximate surface area is 160 Å². The van der Waals surface area contributed by atoms with E-state index < -0.39 is 0 Å². The number of nitrogens with zero attached hydrogens (tertiary/aromatic N) is 4. The monoisotopic (exact) mass is 400 g/mol. The van der Waals surface area contributed by atoms with E-state index >= 15 is 0 Å². The molecule has 134 valence electrons. The minimum Gasteiger partial charge on any atom is -0.351 e. The van der Waals surface area contributed by atoms with Gasteiger partial charge in [0.15, 0.2) is 5.13 Å². The molecule has 0 unspecified atom stereocenters.